The number of carbonyl (C=O) groups is 1. The molecule has 0 spiro atoms. The van der Waals surface area contributed by atoms with Crippen molar-refractivity contribution in [2.75, 3.05) is 0 Å². The van der Waals surface area contributed by atoms with Crippen molar-refractivity contribution in [2.45, 2.75) is 13.8 Å². The zero-order valence-corrected chi connectivity index (χ0v) is 25.8. The van der Waals surface area contributed by atoms with E-state index in [9.17, 15) is 4.79 Å². The average molecular weight is 735 g/mol. The number of aliphatic hydroxyl groups is 1. The third-order valence-corrected chi connectivity index (χ3v) is 8.76. The van der Waals surface area contributed by atoms with Gasteiger partial charge in [0.15, 0.2) is 5.78 Å². The quantitative estimate of drug-likeness (QED) is 0.112. The summed E-state index contributed by atoms with van der Waals surface area (Å²) in [6, 6.07) is 35.6. The summed E-state index contributed by atoms with van der Waals surface area (Å²) >= 11 is 3.79. The standard InChI is InChI=1S/C29H16NS2.C5H8O2.Ir/c1-2-8-18(9-3-1)23-16-19(14-15-30-23)22-17-26-28(21-11-5-6-12-24(21)31-26)29-27(22)20-10-4-7-13-25(20)32-29;1-4(6)3-5(2)7;/h1-8,10-17H;3,6H,1-2H3;/q-1;;/b;4-3-;. The second-order valence-electron chi connectivity index (χ2n) is 9.30. The van der Waals surface area contributed by atoms with Gasteiger partial charge in [-0.25, -0.2) is 0 Å². The van der Waals surface area contributed by atoms with E-state index < -0.39 is 0 Å². The predicted molar refractivity (Wildman–Crippen MR) is 167 cm³/mol. The first kappa shape index (κ1) is 27.9. The van der Waals surface area contributed by atoms with Gasteiger partial charge in [-0.15, -0.1) is 58.6 Å². The third kappa shape index (κ3) is 5.36. The average Bonchev–Trinajstić information content (AvgIpc) is 3.51. The molecule has 6 heteroatoms. The van der Waals surface area contributed by atoms with Crippen LogP contribution in [0.4, 0.5) is 0 Å². The molecular formula is C34H24IrNO2S2-. The topological polar surface area (TPSA) is 50.2 Å². The molecule has 0 unspecified atom stereocenters. The second-order valence-corrected chi connectivity index (χ2v) is 11.4. The van der Waals surface area contributed by atoms with E-state index in [2.05, 4.69) is 83.8 Å². The molecule has 1 N–H and O–H groups in total. The van der Waals surface area contributed by atoms with Gasteiger partial charge in [-0.05, 0) is 54.9 Å². The maximum Gasteiger partial charge on any atom is 0.155 e. The van der Waals surface area contributed by atoms with Crippen molar-refractivity contribution in [3.05, 3.63) is 115 Å². The fourth-order valence-electron chi connectivity index (χ4n) is 4.91. The molecule has 0 amide bonds. The van der Waals surface area contributed by atoms with Crippen LogP contribution in [-0.2, 0) is 24.9 Å². The first-order valence-electron chi connectivity index (χ1n) is 12.6. The number of pyridine rings is 1. The monoisotopic (exact) mass is 735 g/mol. The number of aliphatic hydroxyl groups excluding tert-OH is 1. The van der Waals surface area contributed by atoms with E-state index in [1.807, 2.05) is 47.1 Å². The summed E-state index contributed by atoms with van der Waals surface area (Å²) in [5.74, 6) is -0.0625. The Bertz CT molecular complexity index is 2020. The molecule has 7 rings (SSSR count). The number of carbonyl (C=O) groups excluding carboxylic acids is 1. The molecule has 1 radical (unpaired) electrons. The Hall–Kier alpha value is -3.67. The van der Waals surface area contributed by atoms with Crippen LogP contribution in [-0.4, -0.2) is 15.9 Å². The van der Waals surface area contributed by atoms with E-state index in [1.54, 1.807) is 0 Å². The van der Waals surface area contributed by atoms with Crippen LogP contribution in [0.1, 0.15) is 13.8 Å². The Balaban J connectivity index is 0.000000362. The largest absolute Gasteiger partial charge is 0.512 e. The first-order valence-corrected chi connectivity index (χ1v) is 14.2. The molecule has 3 aromatic heterocycles. The number of rotatable bonds is 3. The van der Waals surface area contributed by atoms with E-state index in [0.717, 1.165) is 11.3 Å². The molecule has 0 aliphatic carbocycles. The molecule has 199 valence electrons. The number of aromatic nitrogens is 1. The molecule has 4 aromatic carbocycles. The van der Waals surface area contributed by atoms with E-state index in [4.69, 9.17) is 5.11 Å². The third-order valence-electron chi connectivity index (χ3n) is 6.46. The van der Waals surface area contributed by atoms with Crippen molar-refractivity contribution < 1.29 is 30.0 Å². The van der Waals surface area contributed by atoms with Gasteiger partial charge in [0.1, 0.15) is 0 Å². The Morgan fingerprint density at radius 3 is 2.15 bits per heavy atom. The van der Waals surface area contributed by atoms with Gasteiger partial charge < -0.3 is 10.1 Å². The van der Waals surface area contributed by atoms with Crippen LogP contribution < -0.4 is 0 Å². The number of hydrogen-bond acceptors (Lipinski definition) is 5. The van der Waals surface area contributed by atoms with E-state index in [1.165, 1.54) is 71.4 Å². The van der Waals surface area contributed by atoms with Crippen LogP contribution in [0.25, 0.3) is 62.7 Å². The van der Waals surface area contributed by atoms with Crippen LogP contribution in [0, 0.1) is 6.07 Å². The molecule has 3 heterocycles. The number of ketones is 1. The van der Waals surface area contributed by atoms with Gasteiger partial charge in [0.25, 0.3) is 0 Å². The fraction of sp³-hybridized carbons (Fsp3) is 0.0588. The molecule has 0 bridgehead atoms. The Morgan fingerprint density at radius 2 is 1.50 bits per heavy atom. The van der Waals surface area contributed by atoms with Gasteiger partial charge in [0, 0.05) is 72.7 Å². The number of nitrogens with zero attached hydrogens (tertiary/aromatic N) is 1. The normalized spacial score (nSPS) is 11.4. The molecule has 0 aliphatic rings. The summed E-state index contributed by atoms with van der Waals surface area (Å²) in [6.07, 6.45) is 3.08. The van der Waals surface area contributed by atoms with Crippen molar-refractivity contribution in [2.24, 2.45) is 0 Å². The maximum atomic E-state index is 10.0. The summed E-state index contributed by atoms with van der Waals surface area (Å²) in [5.41, 5.74) is 4.44. The number of thiophene rings is 2. The van der Waals surface area contributed by atoms with Crippen molar-refractivity contribution in [1.82, 2.24) is 4.98 Å². The summed E-state index contributed by atoms with van der Waals surface area (Å²) in [4.78, 5) is 14.7. The molecule has 0 aliphatic heterocycles. The molecule has 0 saturated heterocycles. The number of hydrogen-bond donors (Lipinski definition) is 1. The zero-order valence-electron chi connectivity index (χ0n) is 21.8. The summed E-state index contributed by atoms with van der Waals surface area (Å²) in [5, 5.41) is 13.8. The van der Waals surface area contributed by atoms with Crippen molar-refractivity contribution >= 4 is 68.8 Å². The first-order chi connectivity index (χ1) is 19.0. The van der Waals surface area contributed by atoms with Gasteiger partial charge in [-0.3, -0.25) is 4.79 Å². The maximum absolute atomic E-state index is 10.0. The number of allylic oxidation sites excluding steroid dienone is 2. The number of fused-ring (bicyclic) bond motifs is 7. The van der Waals surface area contributed by atoms with E-state index in [-0.39, 0.29) is 31.6 Å². The summed E-state index contributed by atoms with van der Waals surface area (Å²) < 4.78 is 5.38. The van der Waals surface area contributed by atoms with Crippen LogP contribution in [0.5, 0.6) is 0 Å². The van der Waals surface area contributed by atoms with Crippen molar-refractivity contribution in [3.8, 4) is 22.4 Å². The predicted octanol–water partition coefficient (Wildman–Crippen LogP) is 9.99. The minimum atomic E-state index is -0.125. The molecule has 0 fully saturated rings. The minimum absolute atomic E-state index is 0. The van der Waals surface area contributed by atoms with Gasteiger partial charge in [0.2, 0.25) is 0 Å². The molecule has 40 heavy (non-hydrogen) atoms. The Kier molecular flexibility index (Phi) is 8.24. The molecule has 7 aromatic rings. The van der Waals surface area contributed by atoms with E-state index in [0.29, 0.717) is 0 Å². The Labute approximate surface area is 253 Å². The van der Waals surface area contributed by atoms with Crippen LogP contribution in [0.3, 0.4) is 0 Å². The summed E-state index contributed by atoms with van der Waals surface area (Å²) in [7, 11) is 0. The molecule has 3 nitrogen and oxygen atoms in total. The van der Waals surface area contributed by atoms with Crippen LogP contribution >= 0.6 is 22.7 Å². The van der Waals surface area contributed by atoms with Gasteiger partial charge in [-0.2, -0.15) is 0 Å². The second kappa shape index (κ2) is 11.8. The van der Waals surface area contributed by atoms with Crippen molar-refractivity contribution in [3.63, 3.8) is 0 Å². The van der Waals surface area contributed by atoms with E-state index >= 15 is 0 Å². The van der Waals surface area contributed by atoms with Gasteiger partial charge in [-0.1, -0.05) is 42.5 Å². The van der Waals surface area contributed by atoms with Gasteiger partial charge >= 0.3 is 0 Å². The fourth-order valence-corrected chi connectivity index (χ4v) is 7.42. The number of benzene rings is 4. The summed E-state index contributed by atoms with van der Waals surface area (Å²) in [6.45, 7) is 2.85. The zero-order chi connectivity index (χ0) is 26.9. The Morgan fingerprint density at radius 1 is 0.825 bits per heavy atom. The van der Waals surface area contributed by atoms with Gasteiger partial charge in [0.05, 0.1) is 5.76 Å². The van der Waals surface area contributed by atoms with Crippen molar-refractivity contribution in [1.29, 1.82) is 0 Å². The van der Waals surface area contributed by atoms with Crippen LogP contribution in [0.15, 0.2) is 109 Å². The van der Waals surface area contributed by atoms with Crippen LogP contribution in [0.2, 0.25) is 0 Å². The smallest absolute Gasteiger partial charge is 0.155 e. The SMILES string of the molecule is CC(=O)/C=C(/C)O.[Ir].[c-]1ccccc1-c1cc(-c2cc3sc4ccccc4c3c3sc4ccccc4c23)ccn1. The molecule has 0 atom stereocenters. The minimum Gasteiger partial charge on any atom is -0.512 e. The molecular weight excluding hydrogens is 711 g/mol. The molecule has 0 saturated carbocycles.